The van der Waals surface area contributed by atoms with E-state index in [1.807, 2.05) is 6.92 Å². The topological polar surface area (TPSA) is 115 Å². The first kappa shape index (κ1) is 26.9. The predicted molar refractivity (Wildman–Crippen MR) is 146 cm³/mol. The molecule has 2 N–H and O–H groups in total. The molecule has 0 spiro atoms. The maximum absolute atomic E-state index is 13.0. The van der Waals surface area contributed by atoms with Crippen molar-refractivity contribution in [2.24, 2.45) is 0 Å². The van der Waals surface area contributed by atoms with Crippen molar-refractivity contribution in [1.29, 1.82) is 0 Å². The quantitative estimate of drug-likeness (QED) is 0.203. The van der Waals surface area contributed by atoms with Crippen molar-refractivity contribution in [1.82, 2.24) is 10.6 Å². The van der Waals surface area contributed by atoms with E-state index < -0.39 is 21.9 Å². The number of aryl methyl sites for hydroxylation is 1. The SMILES string of the molecule is Cc1ccc(S(=O)(=O)Oc2ccc(/C=C(\NC(=O)c3ccc(Br)cc3)C(=O)NCc3ccco3)cc2)cc1. The third kappa shape index (κ3) is 7.21. The average Bonchev–Trinajstić information content (AvgIpc) is 3.42. The maximum Gasteiger partial charge on any atom is 0.339 e. The van der Waals surface area contributed by atoms with Crippen molar-refractivity contribution in [3.8, 4) is 5.75 Å². The van der Waals surface area contributed by atoms with Crippen LogP contribution in [0.4, 0.5) is 0 Å². The van der Waals surface area contributed by atoms with Gasteiger partial charge in [0.05, 0.1) is 12.8 Å². The Morgan fingerprint density at radius 3 is 2.26 bits per heavy atom. The van der Waals surface area contributed by atoms with Gasteiger partial charge in [-0.3, -0.25) is 9.59 Å². The molecule has 0 aliphatic heterocycles. The molecule has 0 bridgehead atoms. The first-order chi connectivity index (χ1) is 18.2. The van der Waals surface area contributed by atoms with E-state index in [9.17, 15) is 18.0 Å². The summed E-state index contributed by atoms with van der Waals surface area (Å²) in [6.45, 7) is 1.98. The van der Waals surface area contributed by atoms with Crippen molar-refractivity contribution < 1.29 is 26.6 Å². The highest BCUT2D eigenvalue weighted by molar-refractivity contribution is 9.10. The number of hydrogen-bond donors (Lipinski definition) is 2. The Kier molecular flexibility index (Phi) is 8.45. The maximum atomic E-state index is 13.0. The zero-order valence-electron chi connectivity index (χ0n) is 20.2. The monoisotopic (exact) mass is 594 g/mol. The number of hydrogen-bond acceptors (Lipinski definition) is 6. The highest BCUT2D eigenvalue weighted by Gasteiger charge is 2.17. The fraction of sp³-hybridized carbons (Fsp3) is 0.0714. The van der Waals surface area contributed by atoms with Gasteiger partial charge in [0, 0.05) is 10.0 Å². The molecule has 1 aromatic heterocycles. The molecular weight excluding hydrogens is 572 g/mol. The van der Waals surface area contributed by atoms with Gasteiger partial charge in [-0.15, -0.1) is 0 Å². The van der Waals surface area contributed by atoms with Gasteiger partial charge in [0.2, 0.25) is 0 Å². The van der Waals surface area contributed by atoms with E-state index in [0.29, 0.717) is 16.9 Å². The third-order valence-corrected chi connectivity index (χ3v) is 7.10. The van der Waals surface area contributed by atoms with Gasteiger partial charge in [0.1, 0.15) is 22.1 Å². The summed E-state index contributed by atoms with van der Waals surface area (Å²) in [5.41, 5.74) is 1.81. The van der Waals surface area contributed by atoms with Crippen LogP contribution in [0.5, 0.6) is 5.75 Å². The molecule has 4 rings (SSSR count). The molecule has 10 heteroatoms. The second-order valence-electron chi connectivity index (χ2n) is 8.20. The van der Waals surface area contributed by atoms with E-state index in [-0.39, 0.29) is 22.9 Å². The molecule has 2 amide bonds. The Balaban J connectivity index is 1.53. The van der Waals surface area contributed by atoms with Crippen LogP contribution in [0.15, 0.2) is 111 Å². The van der Waals surface area contributed by atoms with E-state index in [2.05, 4.69) is 26.6 Å². The second-order valence-corrected chi connectivity index (χ2v) is 10.7. The lowest BCUT2D eigenvalue weighted by Crippen LogP contribution is -2.34. The van der Waals surface area contributed by atoms with Gasteiger partial charge in [-0.2, -0.15) is 8.42 Å². The number of halogens is 1. The molecule has 8 nitrogen and oxygen atoms in total. The summed E-state index contributed by atoms with van der Waals surface area (Å²) in [7, 11) is -4.01. The molecule has 0 atom stereocenters. The Morgan fingerprint density at radius 2 is 1.63 bits per heavy atom. The third-order valence-electron chi connectivity index (χ3n) is 5.31. The minimum Gasteiger partial charge on any atom is -0.467 e. The minimum absolute atomic E-state index is 0.00887. The summed E-state index contributed by atoms with van der Waals surface area (Å²) >= 11 is 3.33. The largest absolute Gasteiger partial charge is 0.467 e. The number of amides is 2. The number of furan rings is 1. The zero-order chi connectivity index (χ0) is 27.1. The first-order valence-electron chi connectivity index (χ1n) is 11.4. The van der Waals surface area contributed by atoms with E-state index in [1.165, 1.54) is 36.6 Å². The Bertz CT molecular complexity index is 1550. The normalized spacial score (nSPS) is 11.6. The van der Waals surface area contributed by atoms with Crippen molar-refractivity contribution >= 4 is 43.9 Å². The Morgan fingerprint density at radius 1 is 0.947 bits per heavy atom. The summed E-state index contributed by atoms with van der Waals surface area (Å²) in [5, 5.41) is 5.36. The predicted octanol–water partition coefficient (Wildman–Crippen LogP) is 5.21. The first-order valence-corrected chi connectivity index (χ1v) is 13.6. The van der Waals surface area contributed by atoms with Crippen LogP contribution in [-0.4, -0.2) is 20.2 Å². The van der Waals surface area contributed by atoms with Crippen LogP contribution < -0.4 is 14.8 Å². The van der Waals surface area contributed by atoms with Gasteiger partial charge in [0.25, 0.3) is 11.8 Å². The molecule has 3 aromatic carbocycles. The van der Waals surface area contributed by atoms with Crippen LogP contribution in [0.3, 0.4) is 0 Å². The fourth-order valence-corrected chi connectivity index (χ4v) is 4.49. The average molecular weight is 595 g/mol. The fourth-order valence-electron chi connectivity index (χ4n) is 3.30. The van der Waals surface area contributed by atoms with E-state index >= 15 is 0 Å². The van der Waals surface area contributed by atoms with Gasteiger partial charge >= 0.3 is 10.1 Å². The van der Waals surface area contributed by atoms with Crippen LogP contribution in [0, 0.1) is 6.92 Å². The lowest BCUT2D eigenvalue weighted by molar-refractivity contribution is -0.118. The molecule has 1 heterocycles. The summed E-state index contributed by atoms with van der Waals surface area (Å²) in [5.74, 6) is -0.353. The van der Waals surface area contributed by atoms with Gasteiger partial charge in [-0.1, -0.05) is 45.8 Å². The van der Waals surface area contributed by atoms with Crippen molar-refractivity contribution in [2.45, 2.75) is 18.4 Å². The molecule has 0 unspecified atom stereocenters. The standard InChI is InChI=1S/C28H23BrN2O6S/c1-19-4-14-25(15-5-19)38(34,35)37-23-12-6-20(7-13-23)17-26(28(33)30-18-24-3-2-16-36-24)31-27(32)21-8-10-22(29)11-9-21/h2-17H,18H2,1H3,(H,30,33)(H,31,32)/b26-17-. The van der Waals surface area contributed by atoms with Crippen LogP contribution >= 0.6 is 15.9 Å². The summed E-state index contributed by atoms with van der Waals surface area (Å²) in [6.07, 6.45) is 2.97. The smallest absolute Gasteiger partial charge is 0.339 e. The number of rotatable bonds is 9. The number of benzene rings is 3. The highest BCUT2D eigenvalue weighted by atomic mass is 79.9. The number of carbonyl (C=O) groups is 2. The molecular formula is C28H23BrN2O6S. The van der Waals surface area contributed by atoms with Crippen LogP contribution in [0.1, 0.15) is 27.2 Å². The van der Waals surface area contributed by atoms with Crippen molar-refractivity contribution in [2.75, 3.05) is 0 Å². The molecule has 0 radical (unpaired) electrons. The minimum atomic E-state index is -4.01. The van der Waals surface area contributed by atoms with Crippen molar-refractivity contribution in [3.05, 3.63) is 124 Å². The summed E-state index contributed by atoms with van der Waals surface area (Å²) in [4.78, 5) is 25.8. The van der Waals surface area contributed by atoms with E-state index in [1.54, 1.807) is 60.7 Å². The molecule has 0 saturated heterocycles. The van der Waals surface area contributed by atoms with Gasteiger partial charge in [-0.25, -0.2) is 0 Å². The van der Waals surface area contributed by atoms with Gasteiger partial charge in [0.15, 0.2) is 0 Å². The molecule has 0 saturated carbocycles. The summed E-state index contributed by atoms with van der Waals surface area (Å²) < 4.78 is 36.4. The van der Waals surface area contributed by atoms with E-state index in [0.717, 1.165) is 10.0 Å². The highest BCUT2D eigenvalue weighted by Crippen LogP contribution is 2.21. The van der Waals surface area contributed by atoms with E-state index in [4.69, 9.17) is 8.60 Å². The van der Waals surface area contributed by atoms with Crippen LogP contribution in [0.25, 0.3) is 6.08 Å². The number of nitrogens with one attached hydrogen (secondary N) is 2. The number of carbonyl (C=O) groups excluding carboxylic acids is 2. The van der Waals surface area contributed by atoms with Gasteiger partial charge in [-0.05, 0) is 79.2 Å². The van der Waals surface area contributed by atoms with Gasteiger partial charge < -0.3 is 19.2 Å². The second kappa shape index (κ2) is 11.9. The Hall–Kier alpha value is -4.15. The molecule has 194 valence electrons. The molecule has 0 aliphatic carbocycles. The lowest BCUT2D eigenvalue weighted by Gasteiger charge is -2.11. The molecule has 38 heavy (non-hydrogen) atoms. The van der Waals surface area contributed by atoms with Crippen LogP contribution in [-0.2, 0) is 21.5 Å². The zero-order valence-corrected chi connectivity index (χ0v) is 22.6. The molecule has 0 fully saturated rings. The Labute approximate surface area is 228 Å². The molecule has 0 aliphatic rings. The molecule has 4 aromatic rings. The summed E-state index contributed by atoms with van der Waals surface area (Å²) in [6, 6.07) is 22.5. The van der Waals surface area contributed by atoms with Crippen molar-refractivity contribution in [3.63, 3.8) is 0 Å². The lowest BCUT2D eigenvalue weighted by atomic mass is 10.1. The van der Waals surface area contributed by atoms with Crippen LogP contribution in [0.2, 0.25) is 0 Å².